The van der Waals surface area contributed by atoms with Crippen LogP contribution in [0.1, 0.15) is 19.8 Å². The summed E-state index contributed by atoms with van der Waals surface area (Å²) < 4.78 is 0. The van der Waals surface area contributed by atoms with Gasteiger partial charge in [0.2, 0.25) is 5.96 Å². The summed E-state index contributed by atoms with van der Waals surface area (Å²) >= 11 is 0. The summed E-state index contributed by atoms with van der Waals surface area (Å²) in [4.78, 5) is 6.27. The lowest BCUT2D eigenvalue weighted by Crippen LogP contribution is -2.48. The highest BCUT2D eigenvalue weighted by Crippen LogP contribution is 2.14. The van der Waals surface area contributed by atoms with Gasteiger partial charge in [-0.15, -0.1) is 0 Å². The number of piperidine rings is 1. The Morgan fingerprint density at radius 1 is 1.67 bits per heavy atom. The average Bonchev–Trinajstić information content (AvgIpc) is 2.07. The highest BCUT2D eigenvalue weighted by atomic mass is 15.4. The molecule has 0 aromatic carbocycles. The number of nitrogens with one attached hydrogen (secondary N) is 1. The minimum atomic E-state index is 0.754. The van der Waals surface area contributed by atoms with Crippen LogP contribution in [-0.4, -0.2) is 31.0 Å². The molecule has 0 radical (unpaired) electrons. The van der Waals surface area contributed by atoms with E-state index in [1.165, 1.54) is 12.8 Å². The fraction of sp³-hybridized carbons (Fsp3) is 0.875. The quantitative estimate of drug-likeness (QED) is 0.236. The topological polar surface area (TPSA) is 53.6 Å². The number of hydrogen-bond donors (Lipinski definition) is 2. The summed E-state index contributed by atoms with van der Waals surface area (Å²) in [5.74, 6) is 6.90. The van der Waals surface area contributed by atoms with Crippen LogP contribution in [0, 0.1) is 5.92 Å². The van der Waals surface area contributed by atoms with Crippen molar-refractivity contribution in [2.45, 2.75) is 19.8 Å². The molecule has 1 aliphatic heterocycles. The maximum atomic E-state index is 5.34. The number of nitrogens with two attached hydrogens (primary N) is 1. The van der Waals surface area contributed by atoms with Crippen LogP contribution in [0.3, 0.4) is 0 Å². The van der Waals surface area contributed by atoms with Gasteiger partial charge in [0.1, 0.15) is 0 Å². The van der Waals surface area contributed by atoms with Crippen LogP contribution in [0.25, 0.3) is 0 Å². The van der Waals surface area contributed by atoms with Gasteiger partial charge >= 0.3 is 0 Å². The molecular formula is C8H18N4. The van der Waals surface area contributed by atoms with E-state index in [1.807, 2.05) is 0 Å². The van der Waals surface area contributed by atoms with Crippen LogP contribution in [0.15, 0.2) is 4.99 Å². The normalized spacial score (nSPS) is 25.8. The minimum absolute atomic E-state index is 0.754. The molecule has 4 nitrogen and oxygen atoms in total. The van der Waals surface area contributed by atoms with Crippen molar-refractivity contribution in [1.82, 2.24) is 10.3 Å². The van der Waals surface area contributed by atoms with Gasteiger partial charge in [-0.05, 0) is 18.8 Å². The first-order chi connectivity index (χ1) is 5.77. The predicted molar refractivity (Wildman–Crippen MR) is 50.7 cm³/mol. The Morgan fingerprint density at radius 3 is 2.92 bits per heavy atom. The molecule has 1 heterocycles. The van der Waals surface area contributed by atoms with Crippen molar-refractivity contribution in [3.8, 4) is 0 Å². The Labute approximate surface area is 73.8 Å². The molecule has 1 atom stereocenters. The Kier molecular flexibility index (Phi) is 3.34. The average molecular weight is 170 g/mol. The number of hydrogen-bond acceptors (Lipinski definition) is 2. The van der Waals surface area contributed by atoms with E-state index < -0.39 is 0 Å². The van der Waals surface area contributed by atoms with Gasteiger partial charge in [-0.25, -0.2) is 5.84 Å². The summed E-state index contributed by atoms with van der Waals surface area (Å²) in [7, 11) is 1.76. The maximum absolute atomic E-state index is 5.34. The first-order valence-electron chi connectivity index (χ1n) is 4.46. The van der Waals surface area contributed by atoms with Gasteiger partial charge in [0, 0.05) is 20.1 Å². The number of rotatable bonds is 0. The second kappa shape index (κ2) is 4.30. The maximum Gasteiger partial charge on any atom is 0.208 e. The zero-order valence-corrected chi connectivity index (χ0v) is 7.88. The lowest BCUT2D eigenvalue weighted by Gasteiger charge is -2.32. The number of nitrogens with zero attached hydrogens (tertiary/aromatic N) is 2. The molecule has 1 fully saturated rings. The van der Waals surface area contributed by atoms with Crippen molar-refractivity contribution in [2.24, 2.45) is 16.8 Å². The van der Waals surface area contributed by atoms with Gasteiger partial charge in [-0.2, -0.15) is 0 Å². The largest absolute Gasteiger partial charge is 0.342 e. The lowest BCUT2D eigenvalue weighted by molar-refractivity contribution is 0.266. The van der Waals surface area contributed by atoms with Crippen molar-refractivity contribution >= 4 is 5.96 Å². The Balaban J connectivity index is 2.50. The molecule has 0 aromatic heterocycles. The number of likely N-dealkylation sites (tertiary alicyclic amines) is 1. The molecular weight excluding hydrogens is 152 g/mol. The van der Waals surface area contributed by atoms with Gasteiger partial charge in [-0.1, -0.05) is 6.92 Å². The molecule has 0 saturated carbocycles. The second-order valence-electron chi connectivity index (χ2n) is 3.38. The lowest BCUT2D eigenvalue weighted by atomic mass is 10.0. The predicted octanol–water partition coefficient (Wildman–Crippen LogP) is 0.167. The van der Waals surface area contributed by atoms with E-state index in [1.54, 1.807) is 7.05 Å². The monoisotopic (exact) mass is 170 g/mol. The Hall–Kier alpha value is -0.770. The summed E-state index contributed by atoms with van der Waals surface area (Å²) in [5.41, 5.74) is 2.62. The summed E-state index contributed by atoms with van der Waals surface area (Å²) in [6.07, 6.45) is 2.56. The molecule has 70 valence electrons. The third-order valence-electron chi connectivity index (χ3n) is 2.30. The molecule has 3 N–H and O–H groups in total. The molecule has 12 heavy (non-hydrogen) atoms. The van der Waals surface area contributed by atoms with Crippen LogP contribution in [0.2, 0.25) is 0 Å². The van der Waals surface area contributed by atoms with Crippen LogP contribution < -0.4 is 11.3 Å². The van der Waals surface area contributed by atoms with E-state index >= 15 is 0 Å². The fourth-order valence-electron chi connectivity index (χ4n) is 1.68. The van der Waals surface area contributed by atoms with Crippen LogP contribution in [0.5, 0.6) is 0 Å². The molecule has 0 amide bonds. The van der Waals surface area contributed by atoms with Gasteiger partial charge in [0.25, 0.3) is 0 Å². The molecule has 0 aliphatic carbocycles. The van der Waals surface area contributed by atoms with Gasteiger partial charge < -0.3 is 4.90 Å². The second-order valence-corrected chi connectivity index (χ2v) is 3.38. The standard InChI is InChI=1S/C8H18N4/c1-7-4-3-5-12(6-7)8(10-2)11-9/h7H,3-6,9H2,1-2H3,(H,10,11). The van der Waals surface area contributed by atoms with E-state index in [4.69, 9.17) is 5.84 Å². The molecule has 4 heteroatoms. The first-order valence-corrected chi connectivity index (χ1v) is 4.46. The van der Waals surface area contributed by atoms with Crippen molar-refractivity contribution in [1.29, 1.82) is 0 Å². The van der Waals surface area contributed by atoms with E-state index in [0.29, 0.717) is 0 Å². The third-order valence-corrected chi connectivity index (χ3v) is 2.30. The van der Waals surface area contributed by atoms with E-state index in [-0.39, 0.29) is 0 Å². The SMILES string of the molecule is CN=C(NN)N1CCCC(C)C1. The highest BCUT2D eigenvalue weighted by molar-refractivity contribution is 5.79. The molecule has 1 saturated heterocycles. The number of hydrazine groups is 1. The van der Waals surface area contributed by atoms with Crippen LogP contribution in [-0.2, 0) is 0 Å². The van der Waals surface area contributed by atoms with Crippen LogP contribution in [0.4, 0.5) is 0 Å². The number of guanidine groups is 1. The summed E-state index contributed by atoms with van der Waals surface area (Å²) in [6.45, 7) is 4.40. The van der Waals surface area contributed by atoms with Gasteiger partial charge in [-0.3, -0.25) is 10.4 Å². The van der Waals surface area contributed by atoms with Gasteiger partial charge in [0.15, 0.2) is 0 Å². The Morgan fingerprint density at radius 2 is 2.42 bits per heavy atom. The third kappa shape index (κ3) is 2.11. The van der Waals surface area contributed by atoms with Crippen molar-refractivity contribution < 1.29 is 0 Å². The zero-order chi connectivity index (χ0) is 8.97. The fourth-order valence-corrected chi connectivity index (χ4v) is 1.68. The van der Waals surface area contributed by atoms with Crippen molar-refractivity contribution in [3.05, 3.63) is 0 Å². The van der Waals surface area contributed by atoms with E-state index in [2.05, 4.69) is 22.2 Å². The summed E-state index contributed by atoms with van der Waals surface area (Å²) in [6, 6.07) is 0. The zero-order valence-electron chi connectivity index (χ0n) is 7.88. The van der Waals surface area contributed by atoms with Gasteiger partial charge in [0.05, 0.1) is 0 Å². The molecule has 0 aromatic rings. The molecule has 1 unspecified atom stereocenters. The summed E-state index contributed by atoms with van der Waals surface area (Å²) in [5, 5.41) is 0. The van der Waals surface area contributed by atoms with E-state index in [9.17, 15) is 0 Å². The molecule has 1 rings (SSSR count). The molecule has 0 spiro atoms. The van der Waals surface area contributed by atoms with E-state index in [0.717, 1.165) is 25.0 Å². The van der Waals surface area contributed by atoms with Crippen LogP contribution >= 0.6 is 0 Å². The minimum Gasteiger partial charge on any atom is -0.342 e. The molecule has 0 bridgehead atoms. The van der Waals surface area contributed by atoms with Crippen molar-refractivity contribution in [3.63, 3.8) is 0 Å². The first kappa shape index (κ1) is 9.32. The smallest absolute Gasteiger partial charge is 0.208 e. The highest BCUT2D eigenvalue weighted by Gasteiger charge is 2.18. The molecule has 1 aliphatic rings. The van der Waals surface area contributed by atoms with Crippen molar-refractivity contribution in [2.75, 3.05) is 20.1 Å². The Bertz CT molecular complexity index is 166. The number of aliphatic imine (C=N–C) groups is 1.